The van der Waals surface area contributed by atoms with E-state index in [1.807, 2.05) is 0 Å². The molecule has 0 unspecified atom stereocenters. The summed E-state index contributed by atoms with van der Waals surface area (Å²) in [6.07, 6.45) is 1.37. The lowest BCUT2D eigenvalue weighted by molar-refractivity contribution is 0.604. The van der Waals surface area contributed by atoms with E-state index >= 15 is 0 Å². The molecule has 0 radical (unpaired) electrons. The number of para-hydroxylation sites is 1. The minimum atomic E-state index is -0.518. The zero-order chi connectivity index (χ0) is 13.4. The molecule has 0 aliphatic heterocycles. The van der Waals surface area contributed by atoms with E-state index in [4.69, 9.17) is 16.0 Å². The Morgan fingerprint density at radius 1 is 1.11 bits per heavy atom. The molecule has 0 bridgehead atoms. The predicted molar refractivity (Wildman–Crippen MR) is 72.9 cm³/mol. The van der Waals surface area contributed by atoms with Crippen LogP contribution in [0, 0.1) is 5.82 Å². The Morgan fingerprint density at radius 2 is 1.89 bits per heavy atom. The maximum Gasteiger partial charge on any atom is 0.200 e. The maximum absolute atomic E-state index is 13.1. The van der Waals surface area contributed by atoms with Crippen LogP contribution in [0.5, 0.6) is 0 Å². The van der Waals surface area contributed by atoms with Crippen molar-refractivity contribution in [3.05, 3.63) is 69.8 Å². The predicted octanol–water partition coefficient (Wildman–Crippen LogP) is 4.25. The van der Waals surface area contributed by atoms with E-state index in [0.29, 0.717) is 22.1 Å². The van der Waals surface area contributed by atoms with E-state index in [-0.39, 0.29) is 10.5 Å². The van der Waals surface area contributed by atoms with Crippen molar-refractivity contribution in [2.45, 2.75) is 0 Å². The highest BCUT2D eigenvalue weighted by molar-refractivity contribution is 6.31. The molecule has 2 nitrogen and oxygen atoms in total. The molecule has 2 aromatic carbocycles. The third kappa shape index (κ3) is 2.02. The van der Waals surface area contributed by atoms with Crippen molar-refractivity contribution >= 4 is 22.6 Å². The van der Waals surface area contributed by atoms with Gasteiger partial charge in [-0.3, -0.25) is 4.79 Å². The molecule has 0 saturated heterocycles. The van der Waals surface area contributed by atoms with Crippen molar-refractivity contribution in [1.29, 1.82) is 0 Å². The van der Waals surface area contributed by atoms with Gasteiger partial charge in [-0.2, -0.15) is 0 Å². The fourth-order valence-corrected chi connectivity index (χ4v) is 2.12. The van der Waals surface area contributed by atoms with Gasteiger partial charge in [0.25, 0.3) is 0 Å². The fourth-order valence-electron chi connectivity index (χ4n) is 1.94. The molecule has 94 valence electrons. The average molecular weight is 275 g/mol. The maximum atomic E-state index is 13.1. The second kappa shape index (κ2) is 4.52. The highest BCUT2D eigenvalue weighted by Gasteiger charge is 2.10. The summed E-state index contributed by atoms with van der Waals surface area (Å²) >= 11 is 5.73. The Bertz CT molecular complexity index is 824. The van der Waals surface area contributed by atoms with E-state index in [1.54, 1.807) is 24.3 Å². The molecule has 1 heterocycles. The van der Waals surface area contributed by atoms with Gasteiger partial charge in [-0.15, -0.1) is 0 Å². The van der Waals surface area contributed by atoms with Gasteiger partial charge in [0.05, 0.1) is 16.0 Å². The standard InChI is InChI=1S/C15H8ClFO2/c16-12-7-9(5-6-13(12)17)11-8-19-14-4-2-1-3-10(14)15(11)18/h1-8H. The summed E-state index contributed by atoms with van der Waals surface area (Å²) in [5.41, 5.74) is 1.25. The third-order valence-corrected chi connectivity index (χ3v) is 3.20. The highest BCUT2D eigenvalue weighted by atomic mass is 35.5. The molecule has 19 heavy (non-hydrogen) atoms. The second-order valence-corrected chi connectivity index (χ2v) is 4.51. The highest BCUT2D eigenvalue weighted by Crippen LogP contribution is 2.24. The summed E-state index contributed by atoms with van der Waals surface area (Å²) in [5.74, 6) is -0.518. The minimum absolute atomic E-state index is 0.0231. The number of hydrogen-bond acceptors (Lipinski definition) is 2. The molecule has 3 aromatic rings. The summed E-state index contributed by atoms with van der Waals surface area (Å²) in [6.45, 7) is 0. The van der Waals surface area contributed by atoms with Crippen LogP contribution in [0.3, 0.4) is 0 Å². The summed E-state index contributed by atoms with van der Waals surface area (Å²) in [7, 11) is 0. The SMILES string of the molecule is O=c1c(-c2ccc(F)c(Cl)c2)coc2ccccc12. The molecule has 3 rings (SSSR count). The molecule has 0 spiro atoms. The zero-order valence-electron chi connectivity index (χ0n) is 9.69. The van der Waals surface area contributed by atoms with Crippen LogP contribution in [0.25, 0.3) is 22.1 Å². The Balaban J connectivity index is 2.28. The van der Waals surface area contributed by atoms with Gasteiger partial charge in [0.15, 0.2) is 5.43 Å². The Hall–Kier alpha value is -2.13. The van der Waals surface area contributed by atoms with Crippen molar-refractivity contribution in [2.24, 2.45) is 0 Å². The van der Waals surface area contributed by atoms with Crippen LogP contribution in [0.1, 0.15) is 0 Å². The summed E-state index contributed by atoms with van der Waals surface area (Å²) in [4.78, 5) is 12.3. The normalized spacial score (nSPS) is 10.8. The molecule has 4 heteroatoms. The Kier molecular flexibility index (Phi) is 2.84. The zero-order valence-corrected chi connectivity index (χ0v) is 10.4. The molecule has 0 amide bonds. The quantitative estimate of drug-likeness (QED) is 0.664. The largest absolute Gasteiger partial charge is 0.463 e. The van der Waals surface area contributed by atoms with Crippen molar-refractivity contribution in [1.82, 2.24) is 0 Å². The summed E-state index contributed by atoms with van der Waals surface area (Å²) in [5, 5.41) is 0.463. The van der Waals surface area contributed by atoms with E-state index < -0.39 is 5.82 Å². The lowest BCUT2D eigenvalue weighted by Crippen LogP contribution is -2.04. The van der Waals surface area contributed by atoms with Gasteiger partial charge in [0.2, 0.25) is 0 Å². The van der Waals surface area contributed by atoms with Gasteiger partial charge in [-0.05, 0) is 29.8 Å². The molecule has 0 N–H and O–H groups in total. The van der Waals surface area contributed by atoms with Gasteiger partial charge < -0.3 is 4.42 Å². The van der Waals surface area contributed by atoms with Crippen LogP contribution in [-0.4, -0.2) is 0 Å². The van der Waals surface area contributed by atoms with Crippen LogP contribution < -0.4 is 5.43 Å². The first-order valence-corrected chi connectivity index (χ1v) is 6.00. The van der Waals surface area contributed by atoms with Crippen molar-refractivity contribution in [2.75, 3.05) is 0 Å². The van der Waals surface area contributed by atoms with E-state index in [2.05, 4.69) is 0 Å². The molecular formula is C15H8ClFO2. The number of hydrogen-bond donors (Lipinski definition) is 0. The van der Waals surface area contributed by atoms with Gasteiger partial charge >= 0.3 is 0 Å². The van der Waals surface area contributed by atoms with Gasteiger partial charge in [0, 0.05) is 0 Å². The van der Waals surface area contributed by atoms with Gasteiger partial charge in [0.1, 0.15) is 17.7 Å². The minimum Gasteiger partial charge on any atom is -0.463 e. The number of rotatable bonds is 1. The van der Waals surface area contributed by atoms with Gasteiger partial charge in [-0.25, -0.2) is 4.39 Å². The lowest BCUT2D eigenvalue weighted by Gasteiger charge is -2.03. The molecule has 0 aliphatic rings. The van der Waals surface area contributed by atoms with E-state index in [9.17, 15) is 9.18 Å². The van der Waals surface area contributed by atoms with Crippen LogP contribution in [0.4, 0.5) is 4.39 Å². The third-order valence-electron chi connectivity index (χ3n) is 2.91. The number of benzene rings is 2. The monoisotopic (exact) mass is 274 g/mol. The van der Waals surface area contributed by atoms with E-state index in [0.717, 1.165) is 0 Å². The molecule has 0 saturated carbocycles. The van der Waals surface area contributed by atoms with Gasteiger partial charge in [-0.1, -0.05) is 29.8 Å². The summed E-state index contributed by atoms with van der Waals surface area (Å²) in [6, 6.07) is 11.1. The lowest BCUT2D eigenvalue weighted by atomic mass is 10.1. The molecule has 1 aromatic heterocycles. The smallest absolute Gasteiger partial charge is 0.200 e. The molecule has 0 fully saturated rings. The van der Waals surface area contributed by atoms with Crippen molar-refractivity contribution in [3.63, 3.8) is 0 Å². The van der Waals surface area contributed by atoms with Crippen molar-refractivity contribution in [3.8, 4) is 11.1 Å². The van der Waals surface area contributed by atoms with Crippen LogP contribution >= 0.6 is 11.6 Å². The molecule has 0 atom stereocenters. The van der Waals surface area contributed by atoms with Crippen LogP contribution in [0.15, 0.2) is 57.9 Å². The second-order valence-electron chi connectivity index (χ2n) is 4.10. The number of fused-ring (bicyclic) bond motifs is 1. The first kappa shape index (κ1) is 11.9. The Morgan fingerprint density at radius 3 is 2.68 bits per heavy atom. The first-order valence-electron chi connectivity index (χ1n) is 5.63. The molecular weight excluding hydrogens is 267 g/mol. The van der Waals surface area contributed by atoms with Crippen LogP contribution in [-0.2, 0) is 0 Å². The first-order chi connectivity index (χ1) is 9.16. The average Bonchev–Trinajstić information content (AvgIpc) is 2.43. The van der Waals surface area contributed by atoms with Crippen LogP contribution in [0.2, 0.25) is 5.02 Å². The summed E-state index contributed by atoms with van der Waals surface area (Å²) < 4.78 is 18.5. The fraction of sp³-hybridized carbons (Fsp3) is 0. The topological polar surface area (TPSA) is 30.2 Å². The van der Waals surface area contributed by atoms with E-state index in [1.165, 1.54) is 24.5 Å². The van der Waals surface area contributed by atoms with Crippen molar-refractivity contribution < 1.29 is 8.81 Å². The Labute approximate surface area is 113 Å². The number of halogens is 2. The molecule has 0 aliphatic carbocycles.